The van der Waals surface area contributed by atoms with Crippen LogP contribution in [0.15, 0.2) is 52.3 Å². The molecule has 13 heteroatoms. The predicted molar refractivity (Wildman–Crippen MR) is 142 cm³/mol. The van der Waals surface area contributed by atoms with E-state index in [0.29, 0.717) is 37.4 Å². The van der Waals surface area contributed by atoms with Crippen LogP contribution in [-0.2, 0) is 26.7 Å². The first-order valence-electron chi connectivity index (χ1n) is 13.3. The molecule has 0 atom stereocenters. The zero-order chi connectivity index (χ0) is 30.5. The SMILES string of the molecule is O=C(C=Cc1ccc(Sc2ccccc2OC[C@H]2CC[C@@H](C(=O)O)CC2)c(C(F)(F)F)c1C(F)(F)F)N1CCOCC1. The van der Waals surface area contributed by atoms with Crippen LogP contribution in [-0.4, -0.2) is 54.8 Å². The third-order valence-corrected chi connectivity index (χ3v) is 8.35. The van der Waals surface area contributed by atoms with Crippen molar-refractivity contribution in [1.82, 2.24) is 4.90 Å². The van der Waals surface area contributed by atoms with E-state index in [0.717, 1.165) is 24.3 Å². The lowest BCUT2D eigenvalue weighted by Gasteiger charge is -2.26. The molecule has 1 amide bonds. The van der Waals surface area contributed by atoms with Crippen LogP contribution in [0.1, 0.15) is 42.4 Å². The molecule has 0 spiro atoms. The van der Waals surface area contributed by atoms with Gasteiger partial charge in [0.15, 0.2) is 0 Å². The fourth-order valence-corrected chi connectivity index (χ4v) is 6.08. The van der Waals surface area contributed by atoms with Gasteiger partial charge in [0.1, 0.15) is 5.75 Å². The van der Waals surface area contributed by atoms with E-state index in [9.17, 15) is 41.0 Å². The summed E-state index contributed by atoms with van der Waals surface area (Å²) in [5.41, 5.74) is -4.50. The summed E-state index contributed by atoms with van der Waals surface area (Å²) < 4.78 is 96.5. The summed E-state index contributed by atoms with van der Waals surface area (Å²) in [5.74, 6) is -1.62. The third kappa shape index (κ3) is 8.00. The van der Waals surface area contributed by atoms with Gasteiger partial charge in [-0.2, -0.15) is 26.3 Å². The van der Waals surface area contributed by atoms with Crippen molar-refractivity contribution in [2.24, 2.45) is 11.8 Å². The number of carbonyl (C=O) groups is 2. The van der Waals surface area contributed by atoms with E-state index in [4.69, 9.17) is 9.47 Å². The number of hydrogen-bond donors (Lipinski definition) is 1. The van der Waals surface area contributed by atoms with Gasteiger partial charge in [-0.05, 0) is 61.4 Å². The van der Waals surface area contributed by atoms with Gasteiger partial charge in [-0.25, -0.2) is 0 Å². The molecular formula is C29H29F6NO5S. The highest BCUT2D eigenvalue weighted by Crippen LogP contribution is 2.49. The Bertz CT molecular complexity index is 1300. The fraction of sp³-hybridized carbons (Fsp3) is 0.448. The van der Waals surface area contributed by atoms with Gasteiger partial charge in [0.2, 0.25) is 5.91 Å². The number of amides is 1. The van der Waals surface area contributed by atoms with Crippen molar-refractivity contribution in [3.8, 4) is 5.75 Å². The Morgan fingerprint density at radius 1 is 0.929 bits per heavy atom. The average Bonchev–Trinajstić information content (AvgIpc) is 2.95. The summed E-state index contributed by atoms with van der Waals surface area (Å²) in [7, 11) is 0. The highest BCUT2D eigenvalue weighted by atomic mass is 32.2. The number of ether oxygens (including phenoxy) is 2. The van der Waals surface area contributed by atoms with Gasteiger partial charge < -0.3 is 19.5 Å². The number of aliphatic carboxylic acids is 1. The van der Waals surface area contributed by atoms with Crippen LogP contribution in [0, 0.1) is 11.8 Å². The summed E-state index contributed by atoms with van der Waals surface area (Å²) in [6.45, 7) is 1.17. The number of hydrogen-bond acceptors (Lipinski definition) is 5. The first-order chi connectivity index (χ1) is 19.8. The van der Waals surface area contributed by atoms with E-state index in [1.807, 2.05) is 0 Å². The zero-order valence-electron chi connectivity index (χ0n) is 22.3. The van der Waals surface area contributed by atoms with Crippen LogP contribution in [0.25, 0.3) is 6.08 Å². The average molecular weight is 618 g/mol. The number of para-hydroxylation sites is 1. The monoisotopic (exact) mass is 617 g/mol. The molecule has 2 aromatic carbocycles. The number of carboxylic acids is 1. The van der Waals surface area contributed by atoms with Crippen molar-refractivity contribution in [3.63, 3.8) is 0 Å². The highest BCUT2D eigenvalue weighted by molar-refractivity contribution is 7.99. The van der Waals surface area contributed by atoms with Crippen LogP contribution in [0.5, 0.6) is 5.75 Å². The van der Waals surface area contributed by atoms with E-state index in [2.05, 4.69) is 0 Å². The first-order valence-corrected chi connectivity index (χ1v) is 14.1. The number of alkyl halides is 6. The smallest absolute Gasteiger partial charge is 0.418 e. The minimum absolute atomic E-state index is 0.0486. The van der Waals surface area contributed by atoms with Crippen LogP contribution in [0.4, 0.5) is 26.3 Å². The second-order valence-corrected chi connectivity index (χ2v) is 11.2. The van der Waals surface area contributed by atoms with E-state index >= 15 is 0 Å². The quantitative estimate of drug-likeness (QED) is 0.254. The molecule has 1 N–H and O–H groups in total. The van der Waals surface area contributed by atoms with Crippen molar-refractivity contribution in [2.75, 3.05) is 32.9 Å². The number of morpholine rings is 1. The van der Waals surface area contributed by atoms with Crippen molar-refractivity contribution in [1.29, 1.82) is 0 Å². The Kier molecular flexibility index (Phi) is 10.1. The summed E-state index contributed by atoms with van der Waals surface area (Å²) in [6.07, 6.45) is -6.90. The van der Waals surface area contributed by atoms with Crippen LogP contribution in [0.2, 0.25) is 0 Å². The molecule has 228 valence electrons. The second-order valence-electron chi connectivity index (χ2n) is 10.1. The molecule has 1 aliphatic carbocycles. The van der Waals surface area contributed by atoms with Crippen LogP contribution < -0.4 is 4.74 Å². The topological polar surface area (TPSA) is 76.1 Å². The highest BCUT2D eigenvalue weighted by Gasteiger charge is 2.46. The molecular weight excluding hydrogens is 588 g/mol. The molecule has 2 fully saturated rings. The Hall–Kier alpha value is -3.19. The lowest BCUT2D eigenvalue weighted by molar-refractivity contribution is -0.163. The summed E-state index contributed by atoms with van der Waals surface area (Å²) in [5, 5.41) is 9.17. The maximum Gasteiger partial charge on any atom is 0.418 e. The van der Waals surface area contributed by atoms with Crippen molar-refractivity contribution in [2.45, 2.75) is 47.8 Å². The van der Waals surface area contributed by atoms with E-state index < -0.39 is 51.7 Å². The van der Waals surface area contributed by atoms with Gasteiger partial charge in [-0.1, -0.05) is 30.0 Å². The molecule has 1 aliphatic heterocycles. The van der Waals surface area contributed by atoms with Crippen molar-refractivity contribution < 1.29 is 50.5 Å². The number of carboxylic acid groups (broad SMARTS) is 1. The van der Waals surface area contributed by atoms with Crippen molar-refractivity contribution in [3.05, 3.63) is 59.2 Å². The number of halogens is 6. The molecule has 42 heavy (non-hydrogen) atoms. The molecule has 0 aromatic heterocycles. The van der Waals surface area contributed by atoms with Gasteiger partial charge in [-0.15, -0.1) is 0 Å². The minimum Gasteiger partial charge on any atom is -0.492 e. The molecule has 1 saturated carbocycles. The lowest BCUT2D eigenvalue weighted by atomic mass is 9.82. The Morgan fingerprint density at radius 3 is 2.19 bits per heavy atom. The van der Waals surface area contributed by atoms with Gasteiger partial charge in [0.25, 0.3) is 0 Å². The normalized spacial score (nSPS) is 20.1. The number of rotatable bonds is 8. The number of nitrogens with zero attached hydrogens (tertiary/aromatic N) is 1. The van der Waals surface area contributed by atoms with E-state index in [1.54, 1.807) is 12.1 Å². The molecule has 2 aromatic rings. The van der Waals surface area contributed by atoms with Gasteiger partial charge in [-0.3, -0.25) is 9.59 Å². The molecule has 0 radical (unpaired) electrons. The third-order valence-electron chi connectivity index (χ3n) is 7.23. The maximum absolute atomic E-state index is 14.3. The van der Waals surface area contributed by atoms with Gasteiger partial charge >= 0.3 is 18.3 Å². The lowest BCUT2D eigenvalue weighted by Crippen LogP contribution is -2.39. The minimum atomic E-state index is -5.37. The van der Waals surface area contributed by atoms with E-state index in [-0.39, 0.29) is 49.5 Å². The number of benzene rings is 2. The summed E-state index contributed by atoms with van der Waals surface area (Å²) in [4.78, 5) is 24.5. The first kappa shape index (κ1) is 31.7. The van der Waals surface area contributed by atoms with Crippen LogP contribution >= 0.6 is 11.8 Å². The van der Waals surface area contributed by atoms with Gasteiger partial charge in [0, 0.05) is 24.1 Å². The summed E-state index contributed by atoms with van der Waals surface area (Å²) >= 11 is 0.509. The molecule has 0 bridgehead atoms. The maximum atomic E-state index is 14.3. The number of carbonyl (C=O) groups excluding carboxylic acids is 1. The van der Waals surface area contributed by atoms with Crippen molar-refractivity contribution >= 4 is 29.7 Å². The van der Waals surface area contributed by atoms with Crippen LogP contribution in [0.3, 0.4) is 0 Å². The molecule has 2 aliphatic rings. The molecule has 1 saturated heterocycles. The Balaban J connectivity index is 1.61. The Labute approximate surface area is 242 Å². The van der Waals surface area contributed by atoms with E-state index in [1.165, 1.54) is 17.0 Å². The predicted octanol–water partition coefficient (Wildman–Crippen LogP) is 7.02. The molecule has 6 nitrogen and oxygen atoms in total. The summed E-state index contributed by atoms with van der Waals surface area (Å²) in [6, 6.07) is 8.02. The fourth-order valence-electron chi connectivity index (χ4n) is 5.02. The van der Waals surface area contributed by atoms with Gasteiger partial charge in [0.05, 0.1) is 41.8 Å². The Morgan fingerprint density at radius 2 is 1.57 bits per heavy atom. The zero-order valence-corrected chi connectivity index (χ0v) is 23.2. The molecule has 4 rings (SSSR count). The largest absolute Gasteiger partial charge is 0.492 e. The standard InChI is InChI=1S/C29H29F6NO5S/c30-28(31,32)25-19(10-12-24(37)36-13-15-40-16-14-36)9-11-23(26(25)29(33,34)35)42-22-4-2-1-3-21(22)41-17-18-5-7-20(8-6-18)27(38)39/h1-4,9-12,18,20H,5-8,13-17H2,(H,38,39)/t18-,20+. The second kappa shape index (κ2) is 13.4. The molecule has 1 heterocycles. The molecule has 0 unspecified atom stereocenters.